The minimum atomic E-state index is -4.07. The first-order chi connectivity index (χ1) is 8.27. The molecule has 0 radical (unpaired) electrons. The SMILES string of the molecule is C[C@H](CO)NS(=O)(=O)c1ccc(Cl)cc1[N+](=O)[O-]. The lowest BCUT2D eigenvalue weighted by atomic mass is 10.3. The van der Waals surface area contributed by atoms with Gasteiger partial charge >= 0.3 is 0 Å². The Morgan fingerprint density at radius 2 is 2.17 bits per heavy atom. The Balaban J connectivity index is 3.28. The van der Waals surface area contributed by atoms with Crippen LogP contribution in [0.15, 0.2) is 23.1 Å². The number of nitrogens with zero attached hydrogens (tertiary/aromatic N) is 1. The number of halogens is 1. The summed E-state index contributed by atoms with van der Waals surface area (Å²) in [5, 5.41) is 19.6. The number of sulfonamides is 1. The highest BCUT2D eigenvalue weighted by molar-refractivity contribution is 7.89. The number of nitrogens with one attached hydrogen (secondary N) is 1. The van der Waals surface area contributed by atoms with Gasteiger partial charge in [0, 0.05) is 17.1 Å². The van der Waals surface area contributed by atoms with E-state index in [1.165, 1.54) is 13.0 Å². The van der Waals surface area contributed by atoms with Gasteiger partial charge in [-0.3, -0.25) is 10.1 Å². The monoisotopic (exact) mass is 294 g/mol. The van der Waals surface area contributed by atoms with E-state index in [9.17, 15) is 18.5 Å². The Morgan fingerprint density at radius 3 is 2.67 bits per heavy atom. The third kappa shape index (κ3) is 3.39. The van der Waals surface area contributed by atoms with Gasteiger partial charge in [-0.2, -0.15) is 0 Å². The highest BCUT2D eigenvalue weighted by atomic mass is 35.5. The molecule has 100 valence electrons. The van der Waals surface area contributed by atoms with Crippen molar-refractivity contribution in [1.29, 1.82) is 0 Å². The van der Waals surface area contributed by atoms with Crippen LogP contribution < -0.4 is 4.72 Å². The van der Waals surface area contributed by atoms with Gasteiger partial charge < -0.3 is 5.11 Å². The van der Waals surface area contributed by atoms with E-state index in [0.29, 0.717) is 0 Å². The zero-order chi connectivity index (χ0) is 13.9. The van der Waals surface area contributed by atoms with E-state index in [1.54, 1.807) is 0 Å². The number of hydrogen-bond acceptors (Lipinski definition) is 5. The molecule has 18 heavy (non-hydrogen) atoms. The number of rotatable bonds is 5. The molecule has 0 heterocycles. The van der Waals surface area contributed by atoms with Crippen LogP contribution in [0.2, 0.25) is 5.02 Å². The van der Waals surface area contributed by atoms with Gasteiger partial charge in [-0.15, -0.1) is 0 Å². The second-order valence-corrected chi connectivity index (χ2v) is 5.69. The maximum atomic E-state index is 11.9. The lowest BCUT2D eigenvalue weighted by Gasteiger charge is -2.11. The van der Waals surface area contributed by atoms with Gasteiger partial charge in [0.05, 0.1) is 11.5 Å². The molecule has 0 amide bonds. The van der Waals surface area contributed by atoms with Crippen molar-refractivity contribution in [3.05, 3.63) is 33.3 Å². The van der Waals surface area contributed by atoms with Crippen molar-refractivity contribution in [2.75, 3.05) is 6.61 Å². The average Bonchev–Trinajstić information content (AvgIpc) is 2.27. The van der Waals surface area contributed by atoms with Crippen molar-refractivity contribution < 1.29 is 18.4 Å². The average molecular weight is 295 g/mol. The fourth-order valence-corrected chi connectivity index (χ4v) is 2.78. The molecule has 0 fully saturated rings. The second kappa shape index (κ2) is 5.61. The van der Waals surface area contributed by atoms with Crippen molar-refractivity contribution in [1.82, 2.24) is 4.72 Å². The fraction of sp³-hybridized carbons (Fsp3) is 0.333. The smallest absolute Gasteiger partial charge is 0.290 e. The summed E-state index contributed by atoms with van der Waals surface area (Å²) in [6, 6.07) is 2.50. The summed E-state index contributed by atoms with van der Waals surface area (Å²) in [5.74, 6) is 0. The molecule has 0 aliphatic heterocycles. The lowest BCUT2D eigenvalue weighted by Crippen LogP contribution is -2.35. The second-order valence-electron chi connectivity index (χ2n) is 3.57. The largest absolute Gasteiger partial charge is 0.395 e. The van der Waals surface area contributed by atoms with E-state index in [4.69, 9.17) is 16.7 Å². The Bertz CT molecular complexity index is 560. The molecular formula is C9H11ClN2O5S. The van der Waals surface area contributed by atoms with Crippen molar-refractivity contribution in [3.8, 4) is 0 Å². The van der Waals surface area contributed by atoms with Crippen molar-refractivity contribution in [3.63, 3.8) is 0 Å². The summed E-state index contributed by atoms with van der Waals surface area (Å²) in [5.41, 5.74) is -0.611. The van der Waals surface area contributed by atoms with Crippen LogP contribution in [-0.2, 0) is 10.0 Å². The van der Waals surface area contributed by atoms with Gasteiger partial charge in [0.1, 0.15) is 0 Å². The quantitative estimate of drug-likeness (QED) is 0.619. The predicted molar refractivity (Wildman–Crippen MR) is 65.0 cm³/mol. The molecule has 0 bridgehead atoms. The molecule has 0 unspecified atom stereocenters. The fourth-order valence-electron chi connectivity index (χ4n) is 1.23. The molecule has 1 atom stereocenters. The van der Waals surface area contributed by atoms with Crippen molar-refractivity contribution in [2.45, 2.75) is 17.9 Å². The van der Waals surface area contributed by atoms with E-state index < -0.39 is 38.2 Å². The Hall–Kier alpha value is -1.22. The van der Waals surface area contributed by atoms with Gasteiger partial charge in [-0.1, -0.05) is 11.6 Å². The molecule has 0 aromatic heterocycles. The van der Waals surface area contributed by atoms with Gasteiger partial charge in [-0.25, -0.2) is 13.1 Å². The van der Waals surface area contributed by atoms with E-state index in [0.717, 1.165) is 12.1 Å². The lowest BCUT2D eigenvalue weighted by molar-refractivity contribution is -0.387. The van der Waals surface area contributed by atoms with Crippen LogP contribution >= 0.6 is 11.6 Å². The normalized spacial score (nSPS) is 13.3. The zero-order valence-electron chi connectivity index (χ0n) is 9.33. The summed E-state index contributed by atoms with van der Waals surface area (Å²) in [6.07, 6.45) is 0. The first-order valence-electron chi connectivity index (χ1n) is 4.85. The summed E-state index contributed by atoms with van der Waals surface area (Å²) in [4.78, 5) is 9.46. The van der Waals surface area contributed by atoms with Crippen LogP contribution in [0.1, 0.15) is 6.92 Å². The third-order valence-electron chi connectivity index (χ3n) is 2.04. The van der Waals surface area contributed by atoms with E-state index in [1.807, 2.05) is 0 Å². The van der Waals surface area contributed by atoms with Gasteiger partial charge in [0.15, 0.2) is 4.90 Å². The highest BCUT2D eigenvalue weighted by Gasteiger charge is 2.27. The first kappa shape index (κ1) is 14.8. The number of aliphatic hydroxyl groups excluding tert-OH is 1. The molecule has 7 nitrogen and oxygen atoms in total. The minimum Gasteiger partial charge on any atom is -0.395 e. The molecule has 0 spiro atoms. The molecule has 1 rings (SSSR count). The number of nitro benzene ring substituents is 1. The van der Waals surface area contributed by atoms with Gasteiger partial charge in [0.2, 0.25) is 10.0 Å². The van der Waals surface area contributed by atoms with Crippen LogP contribution in [-0.4, -0.2) is 31.1 Å². The third-order valence-corrected chi connectivity index (χ3v) is 3.91. The van der Waals surface area contributed by atoms with Crippen LogP contribution in [0, 0.1) is 10.1 Å². The van der Waals surface area contributed by atoms with Crippen LogP contribution in [0.4, 0.5) is 5.69 Å². The number of hydrogen-bond donors (Lipinski definition) is 2. The molecule has 0 saturated carbocycles. The summed E-state index contributed by atoms with van der Waals surface area (Å²) >= 11 is 5.58. The van der Waals surface area contributed by atoms with Crippen LogP contribution in [0.3, 0.4) is 0 Å². The number of benzene rings is 1. The predicted octanol–water partition coefficient (Wildman–Crippen LogP) is 0.907. The highest BCUT2D eigenvalue weighted by Crippen LogP contribution is 2.27. The van der Waals surface area contributed by atoms with Crippen molar-refractivity contribution in [2.24, 2.45) is 0 Å². The minimum absolute atomic E-state index is 0.0656. The van der Waals surface area contributed by atoms with E-state index in [2.05, 4.69) is 4.72 Å². The van der Waals surface area contributed by atoms with Gasteiger partial charge in [0.25, 0.3) is 5.69 Å². The molecule has 0 aliphatic rings. The molecule has 9 heteroatoms. The Labute approximate surface area is 109 Å². The van der Waals surface area contributed by atoms with E-state index in [-0.39, 0.29) is 5.02 Å². The summed E-state index contributed by atoms with van der Waals surface area (Å²) in [7, 11) is -4.07. The maximum absolute atomic E-state index is 11.9. The van der Waals surface area contributed by atoms with E-state index >= 15 is 0 Å². The summed E-state index contributed by atoms with van der Waals surface area (Å²) < 4.78 is 25.8. The van der Waals surface area contributed by atoms with Gasteiger partial charge in [-0.05, 0) is 19.1 Å². The van der Waals surface area contributed by atoms with Crippen LogP contribution in [0.5, 0.6) is 0 Å². The Morgan fingerprint density at radius 1 is 1.56 bits per heavy atom. The number of aliphatic hydroxyl groups is 1. The summed E-state index contributed by atoms with van der Waals surface area (Å²) in [6.45, 7) is 1.01. The molecule has 1 aromatic carbocycles. The maximum Gasteiger partial charge on any atom is 0.290 e. The molecule has 0 aliphatic carbocycles. The van der Waals surface area contributed by atoms with Crippen LogP contribution in [0.25, 0.3) is 0 Å². The van der Waals surface area contributed by atoms with Crippen molar-refractivity contribution >= 4 is 27.3 Å². The standard InChI is InChI=1S/C9H11ClN2O5S/c1-6(5-13)11-18(16,17)9-3-2-7(10)4-8(9)12(14)15/h2-4,6,11,13H,5H2,1H3/t6-/m1/s1. The molecular weight excluding hydrogens is 284 g/mol. The molecule has 0 saturated heterocycles. The Kier molecular flexibility index (Phi) is 4.63. The molecule has 2 N–H and O–H groups in total. The molecule has 1 aromatic rings. The zero-order valence-corrected chi connectivity index (χ0v) is 10.9. The number of nitro groups is 1. The topological polar surface area (TPSA) is 110 Å². The first-order valence-corrected chi connectivity index (χ1v) is 6.71.